The van der Waals surface area contributed by atoms with Crippen molar-refractivity contribution in [2.24, 2.45) is 0 Å². The van der Waals surface area contributed by atoms with Gasteiger partial charge in [0.2, 0.25) is 5.28 Å². The first-order valence-corrected chi connectivity index (χ1v) is 6.10. The Balaban J connectivity index is 2.20. The molecule has 0 radical (unpaired) electrons. The zero-order valence-electron chi connectivity index (χ0n) is 10.3. The molecule has 0 unspecified atom stereocenters. The van der Waals surface area contributed by atoms with E-state index in [4.69, 9.17) is 16.3 Å². The number of benzene rings is 1. The third kappa shape index (κ3) is 3.42. The van der Waals surface area contributed by atoms with Crippen molar-refractivity contribution in [2.75, 3.05) is 11.9 Å². The summed E-state index contributed by atoms with van der Waals surface area (Å²) in [6.07, 6.45) is 1.47. The largest absolute Gasteiger partial charge is 0.493 e. The van der Waals surface area contributed by atoms with Crippen molar-refractivity contribution in [3.63, 3.8) is 0 Å². The van der Waals surface area contributed by atoms with Crippen molar-refractivity contribution in [3.05, 3.63) is 47.4 Å². The highest BCUT2D eigenvalue weighted by atomic mass is 35.5. The number of nitrogens with one attached hydrogen (secondary N) is 1. The number of aromatic nitrogens is 2. The number of amides is 1. The fraction of sp³-hybridized carbons (Fsp3) is 0.154. The second kappa shape index (κ2) is 6.15. The van der Waals surface area contributed by atoms with Crippen molar-refractivity contribution in [2.45, 2.75) is 6.92 Å². The molecule has 5 nitrogen and oxygen atoms in total. The number of halogens is 1. The van der Waals surface area contributed by atoms with Gasteiger partial charge in [0, 0.05) is 6.20 Å². The highest BCUT2D eigenvalue weighted by Gasteiger charge is 2.12. The molecule has 0 saturated carbocycles. The van der Waals surface area contributed by atoms with Gasteiger partial charge in [-0.05, 0) is 36.7 Å². The SMILES string of the molecule is CCOc1ccccc1C(=O)Nc1ccnc(Cl)n1. The molecule has 0 aliphatic carbocycles. The first-order valence-electron chi connectivity index (χ1n) is 5.72. The van der Waals surface area contributed by atoms with Gasteiger partial charge in [0.05, 0.1) is 12.2 Å². The van der Waals surface area contributed by atoms with Crippen LogP contribution in [0.1, 0.15) is 17.3 Å². The van der Waals surface area contributed by atoms with Crippen LogP contribution in [0.3, 0.4) is 0 Å². The van der Waals surface area contributed by atoms with E-state index in [0.29, 0.717) is 23.7 Å². The molecule has 1 aromatic heterocycles. The van der Waals surface area contributed by atoms with Gasteiger partial charge >= 0.3 is 0 Å². The van der Waals surface area contributed by atoms with Crippen LogP contribution in [0.25, 0.3) is 0 Å². The zero-order valence-corrected chi connectivity index (χ0v) is 11.0. The number of rotatable bonds is 4. The summed E-state index contributed by atoms with van der Waals surface area (Å²) in [5.74, 6) is 0.567. The van der Waals surface area contributed by atoms with Crippen LogP contribution in [0.4, 0.5) is 5.82 Å². The monoisotopic (exact) mass is 277 g/mol. The lowest BCUT2D eigenvalue weighted by molar-refractivity contribution is 0.102. The molecule has 1 amide bonds. The van der Waals surface area contributed by atoms with Crippen LogP contribution < -0.4 is 10.1 Å². The van der Waals surface area contributed by atoms with Crippen molar-refractivity contribution in [1.29, 1.82) is 0 Å². The van der Waals surface area contributed by atoms with Crippen molar-refractivity contribution >= 4 is 23.3 Å². The summed E-state index contributed by atoms with van der Waals surface area (Å²) in [6, 6.07) is 8.56. The third-order valence-corrected chi connectivity index (χ3v) is 2.48. The minimum Gasteiger partial charge on any atom is -0.493 e. The smallest absolute Gasteiger partial charge is 0.260 e. The van der Waals surface area contributed by atoms with E-state index in [2.05, 4.69) is 15.3 Å². The summed E-state index contributed by atoms with van der Waals surface area (Å²) in [5.41, 5.74) is 0.444. The summed E-state index contributed by atoms with van der Waals surface area (Å²) in [5, 5.41) is 2.72. The number of para-hydroxylation sites is 1. The summed E-state index contributed by atoms with van der Waals surface area (Å²) >= 11 is 5.66. The standard InChI is InChI=1S/C13H12ClN3O2/c1-2-19-10-6-4-3-5-9(10)12(18)16-11-7-8-15-13(14)17-11/h3-8H,2H2,1H3,(H,15,16,17,18). The molecule has 6 heteroatoms. The van der Waals surface area contributed by atoms with Gasteiger partial charge in [0.1, 0.15) is 11.6 Å². The van der Waals surface area contributed by atoms with Crippen LogP contribution in [0.2, 0.25) is 5.28 Å². The van der Waals surface area contributed by atoms with Crippen LogP contribution in [0.15, 0.2) is 36.5 Å². The Morgan fingerprint density at radius 1 is 1.37 bits per heavy atom. The van der Waals surface area contributed by atoms with Gasteiger partial charge in [-0.15, -0.1) is 0 Å². The number of ether oxygens (including phenoxy) is 1. The summed E-state index contributed by atoms with van der Waals surface area (Å²) < 4.78 is 5.40. The molecule has 0 spiro atoms. The third-order valence-electron chi connectivity index (χ3n) is 2.30. The lowest BCUT2D eigenvalue weighted by Crippen LogP contribution is -2.14. The molecular weight excluding hydrogens is 266 g/mol. The number of nitrogens with zero attached hydrogens (tertiary/aromatic N) is 2. The van der Waals surface area contributed by atoms with E-state index in [-0.39, 0.29) is 11.2 Å². The number of hydrogen-bond acceptors (Lipinski definition) is 4. The molecule has 2 rings (SSSR count). The summed E-state index contributed by atoms with van der Waals surface area (Å²) in [4.78, 5) is 19.8. The molecule has 1 aromatic carbocycles. The maximum absolute atomic E-state index is 12.1. The van der Waals surface area contributed by atoms with Gasteiger partial charge < -0.3 is 10.1 Å². The minimum absolute atomic E-state index is 0.0795. The second-order valence-corrected chi connectivity index (χ2v) is 3.93. The van der Waals surface area contributed by atoms with Crippen LogP contribution in [0, 0.1) is 0 Å². The highest BCUT2D eigenvalue weighted by Crippen LogP contribution is 2.19. The average Bonchev–Trinajstić information content (AvgIpc) is 2.39. The molecule has 0 atom stereocenters. The number of carbonyl (C=O) groups excluding carboxylic acids is 1. The van der Waals surface area contributed by atoms with E-state index < -0.39 is 0 Å². The summed E-state index contributed by atoms with van der Waals surface area (Å²) in [6.45, 7) is 2.35. The molecule has 1 N–H and O–H groups in total. The predicted octanol–water partition coefficient (Wildman–Crippen LogP) is 2.78. The molecule has 0 bridgehead atoms. The van der Waals surface area contributed by atoms with Crippen molar-refractivity contribution in [1.82, 2.24) is 9.97 Å². The molecule has 0 saturated heterocycles. The maximum atomic E-state index is 12.1. The Morgan fingerprint density at radius 2 is 2.16 bits per heavy atom. The fourth-order valence-corrected chi connectivity index (χ4v) is 1.67. The van der Waals surface area contributed by atoms with Gasteiger partial charge in [-0.1, -0.05) is 12.1 Å². The predicted molar refractivity (Wildman–Crippen MR) is 72.6 cm³/mol. The first kappa shape index (κ1) is 13.3. The molecule has 1 heterocycles. The van der Waals surface area contributed by atoms with Gasteiger partial charge in [-0.2, -0.15) is 0 Å². The van der Waals surface area contributed by atoms with Gasteiger partial charge in [0.25, 0.3) is 5.91 Å². The van der Waals surface area contributed by atoms with Gasteiger partial charge in [-0.25, -0.2) is 9.97 Å². The Hall–Kier alpha value is -2.14. The van der Waals surface area contributed by atoms with E-state index in [1.807, 2.05) is 13.0 Å². The van der Waals surface area contributed by atoms with E-state index in [0.717, 1.165) is 0 Å². The van der Waals surface area contributed by atoms with Crippen molar-refractivity contribution in [3.8, 4) is 5.75 Å². The zero-order chi connectivity index (χ0) is 13.7. The quantitative estimate of drug-likeness (QED) is 0.873. The van der Waals surface area contributed by atoms with Crippen LogP contribution in [-0.4, -0.2) is 22.5 Å². The van der Waals surface area contributed by atoms with Crippen LogP contribution in [0.5, 0.6) is 5.75 Å². The topological polar surface area (TPSA) is 64.1 Å². The van der Waals surface area contributed by atoms with Crippen LogP contribution in [-0.2, 0) is 0 Å². The molecule has 19 heavy (non-hydrogen) atoms. The number of carbonyl (C=O) groups is 1. The van der Waals surface area contributed by atoms with E-state index >= 15 is 0 Å². The van der Waals surface area contributed by atoms with E-state index in [9.17, 15) is 4.79 Å². The Labute approximate surface area is 115 Å². The first-order chi connectivity index (χ1) is 9.20. The normalized spacial score (nSPS) is 10.0. The Kier molecular flexibility index (Phi) is 4.30. The van der Waals surface area contributed by atoms with E-state index in [1.54, 1.807) is 24.3 Å². The highest BCUT2D eigenvalue weighted by molar-refractivity contribution is 6.28. The number of anilines is 1. The molecule has 2 aromatic rings. The lowest BCUT2D eigenvalue weighted by Gasteiger charge is -2.09. The molecular formula is C13H12ClN3O2. The summed E-state index contributed by atoms with van der Waals surface area (Å²) in [7, 11) is 0. The fourth-order valence-electron chi connectivity index (χ4n) is 1.52. The minimum atomic E-state index is -0.307. The van der Waals surface area contributed by atoms with Gasteiger partial charge in [-0.3, -0.25) is 4.79 Å². The second-order valence-electron chi connectivity index (χ2n) is 3.59. The van der Waals surface area contributed by atoms with E-state index in [1.165, 1.54) is 6.20 Å². The van der Waals surface area contributed by atoms with Crippen LogP contribution >= 0.6 is 11.6 Å². The Bertz CT molecular complexity index is 590. The number of hydrogen-bond donors (Lipinski definition) is 1. The molecule has 0 fully saturated rings. The molecule has 0 aliphatic heterocycles. The Morgan fingerprint density at radius 3 is 2.89 bits per heavy atom. The molecule has 98 valence electrons. The maximum Gasteiger partial charge on any atom is 0.260 e. The van der Waals surface area contributed by atoms with Crippen molar-refractivity contribution < 1.29 is 9.53 Å². The van der Waals surface area contributed by atoms with Gasteiger partial charge in [0.15, 0.2) is 0 Å². The lowest BCUT2D eigenvalue weighted by atomic mass is 10.2. The average molecular weight is 278 g/mol. The molecule has 0 aliphatic rings.